The van der Waals surface area contributed by atoms with Gasteiger partial charge in [0, 0.05) is 5.92 Å². The first-order chi connectivity index (χ1) is 8.00. The normalized spacial score (nSPS) is 45.5. The Morgan fingerprint density at radius 2 is 2.06 bits per heavy atom. The maximum absolute atomic E-state index is 11.1. The van der Waals surface area contributed by atoms with Crippen LogP contribution in [-0.2, 0) is 0 Å². The molecule has 2 rings (SSSR count). The van der Waals surface area contributed by atoms with Gasteiger partial charge in [-0.25, -0.2) is 0 Å². The van der Waals surface area contributed by atoms with Gasteiger partial charge >= 0.3 is 0 Å². The minimum Gasteiger partial charge on any atom is -0.389 e. The van der Waals surface area contributed by atoms with Gasteiger partial charge in [-0.2, -0.15) is 0 Å². The lowest BCUT2D eigenvalue weighted by Crippen LogP contribution is -2.40. The van der Waals surface area contributed by atoms with Crippen molar-refractivity contribution < 1.29 is 5.11 Å². The van der Waals surface area contributed by atoms with E-state index >= 15 is 0 Å². The van der Waals surface area contributed by atoms with Crippen molar-refractivity contribution in [1.82, 2.24) is 0 Å². The summed E-state index contributed by atoms with van der Waals surface area (Å²) in [5.41, 5.74) is 2.39. The van der Waals surface area contributed by atoms with E-state index in [4.69, 9.17) is 0 Å². The summed E-state index contributed by atoms with van der Waals surface area (Å²) in [6.07, 6.45) is 7.56. The van der Waals surface area contributed by atoms with Crippen LogP contribution >= 0.6 is 0 Å². The highest BCUT2D eigenvalue weighted by Crippen LogP contribution is 2.53. The Labute approximate surface area is 106 Å². The Balaban J connectivity index is 2.32. The van der Waals surface area contributed by atoms with E-state index in [2.05, 4.69) is 33.4 Å². The third-order valence-corrected chi connectivity index (χ3v) is 5.30. The van der Waals surface area contributed by atoms with Gasteiger partial charge in [0.05, 0.1) is 5.60 Å². The third kappa shape index (κ3) is 1.99. The SMILES string of the molecule is C=C1CCCC2(O)C(CC1)/C(=C/C)C(C)C2C. The summed E-state index contributed by atoms with van der Waals surface area (Å²) in [5.74, 6) is 1.29. The molecule has 2 aliphatic rings. The van der Waals surface area contributed by atoms with Crippen LogP contribution in [0.5, 0.6) is 0 Å². The van der Waals surface area contributed by atoms with Crippen LogP contribution in [0.1, 0.15) is 52.9 Å². The lowest BCUT2D eigenvalue weighted by molar-refractivity contribution is -0.0452. The second-order valence-electron chi connectivity index (χ2n) is 6.05. The summed E-state index contributed by atoms with van der Waals surface area (Å²) >= 11 is 0. The molecule has 1 N–H and O–H groups in total. The molecular formula is C16H26O. The van der Waals surface area contributed by atoms with Crippen LogP contribution in [0, 0.1) is 17.8 Å². The molecule has 17 heavy (non-hydrogen) atoms. The molecule has 0 aromatic carbocycles. The van der Waals surface area contributed by atoms with Gasteiger partial charge in [-0.05, 0) is 50.9 Å². The molecule has 96 valence electrons. The summed E-state index contributed by atoms with van der Waals surface area (Å²) in [5, 5.41) is 11.1. The first-order valence-corrected chi connectivity index (χ1v) is 7.05. The van der Waals surface area contributed by atoms with E-state index in [1.54, 1.807) is 0 Å². The van der Waals surface area contributed by atoms with Gasteiger partial charge in [0.15, 0.2) is 0 Å². The van der Waals surface area contributed by atoms with Crippen molar-refractivity contribution in [2.75, 3.05) is 0 Å². The molecule has 0 heterocycles. The van der Waals surface area contributed by atoms with Crippen LogP contribution in [0.2, 0.25) is 0 Å². The molecule has 0 aliphatic heterocycles. The molecule has 0 saturated heterocycles. The first-order valence-electron chi connectivity index (χ1n) is 7.05. The highest BCUT2D eigenvalue weighted by atomic mass is 16.3. The monoisotopic (exact) mass is 234 g/mol. The standard InChI is InChI=1S/C16H26O/c1-5-14-12(3)13(4)16(17)10-6-7-11(2)8-9-15(14)16/h5,12-13,15,17H,2,6-10H2,1,3-4H3/b14-5+. The van der Waals surface area contributed by atoms with Crippen LogP contribution in [0.4, 0.5) is 0 Å². The number of hydrogen-bond acceptors (Lipinski definition) is 1. The minimum absolute atomic E-state index is 0.370. The smallest absolute Gasteiger partial charge is 0.0744 e. The van der Waals surface area contributed by atoms with E-state index in [1.807, 2.05) is 0 Å². The summed E-state index contributed by atoms with van der Waals surface area (Å²) in [6.45, 7) is 10.8. The maximum atomic E-state index is 11.1. The zero-order valence-electron chi connectivity index (χ0n) is 11.5. The molecule has 0 radical (unpaired) electrons. The fraction of sp³-hybridized carbons (Fsp3) is 0.750. The van der Waals surface area contributed by atoms with E-state index in [-0.39, 0.29) is 0 Å². The summed E-state index contributed by atoms with van der Waals surface area (Å²) in [7, 11) is 0. The van der Waals surface area contributed by atoms with Crippen molar-refractivity contribution >= 4 is 0 Å². The van der Waals surface area contributed by atoms with Crippen LogP contribution in [0.25, 0.3) is 0 Å². The number of fused-ring (bicyclic) bond motifs is 1. The Morgan fingerprint density at radius 1 is 1.35 bits per heavy atom. The highest BCUT2D eigenvalue weighted by molar-refractivity contribution is 5.25. The predicted molar refractivity (Wildman–Crippen MR) is 72.7 cm³/mol. The fourth-order valence-electron chi connectivity index (χ4n) is 4.02. The quantitative estimate of drug-likeness (QED) is 0.626. The lowest BCUT2D eigenvalue weighted by atomic mass is 9.75. The van der Waals surface area contributed by atoms with Crippen LogP contribution in [0.3, 0.4) is 0 Å². The van der Waals surface area contributed by atoms with Gasteiger partial charge in [-0.1, -0.05) is 37.6 Å². The molecule has 0 aromatic heterocycles. The lowest BCUT2D eigenvalue weighted by Gasteiger charge is -2.36. The molecule has 4 unspecified atom stereocenters. The van der Waals surface area contributed by atoms with E-state index in [1.165, 1.54) is 11.1 Å². The van der Waals surface area contributed by atoms with Crippen molar-refractivity contribution in [3.8, 4) is 0 Å². The molecule has 0 aromatic rings. The van der Waals surface area contributed by atoms with Crippen molar-refractivity contribution in [1.29, 1.82) is 0 Å². The van der Waals surface area contributed by atoms with Crippen molar-refractivity contribution in [3.05, 3.63) is 23.8 Å². The molecule has 2 saturated carbocycles. The highest BCUT2D eigenvalue weighted by Gasteiger charge is 2.52. The van der Waals surface area contributed by atoms with Crippen molar-refractivity contribution in [2.45, 2.75) is 58.5 Å². The molecular weight excluding hydrogens is 208 g/mol. The first kappa shape index (κ1) is 12.9. The summed E-state index contributed by atoms with van der Waals surface area (Å²) < 4.78 is 0. The fourth-order valence-corrected chi connectivity index (χ4v) is 4.02. The topological polar surface area (TPSA) is 20.2 Å². The van der Waals surface area contributed by atoms with Gasteiger partial charge in [0.25, 0.3) is 0 Å². The zero-order valence-corrected chi connectivity index (χ0v) is 11.5. The largest absolute Gasteiger partial charge is 0.389 e. The molecule has 0 bridgehead atoms. The van der Waals surface area contributed by atoms with E-state index in [9.17, 15) is 5.11 Å². The van der Waals surface area contributed by atoms with Crippen LogP contribution in [0.15, 0.2) is 23.8 Å². The van der Waals surface area contributed by atoms with Gasteiger partial charge in [-0.3, -0.25) is 0 Å². The van der Waals surface area contributed by atoms with Crippen molar-refractivity contribution in [2.24, 2.45) is 17.8 Å². The number of rotatable bonds is 0. The number of aliphatic hydroxyl groups is 1. The molecule has 2 fully saturated rings. The number of hydrogen-bond donors (Lipinski definition) is 1. The van der Waals surface area contributed by atoms with Gasteiger partial charge in [0.2, 0.25) is 0 Å². The average molecular weight is 234 g/mol. The molecule has 4 atom stereocenters. The maximum Gasteiger partial charge on any atom is 0.0744 e. The molecule has 1 heteroatoms. The van der Waals surface area contributed by atoms with Gasteiger partial charge in [0.1, 0.15) is 0 Å². The molecule has 1 nitrogen and oxygen atoms in total. The van der Waals surface area contributed by atoms with Gasteiger partial charge in [-0.15, -0.1) is 0 Å². The summed E-state index contributed by atoms with van der Waals surface area (Å²) in [4.78, 5) is 0. The zero-order chi connectivity index (χ0) is 12.6. The second-order valence-corrected chi connectivity index (χ2v) is 6.05. The van der Waals surface area contributed by atoms with Crippen LogP contribution in [-0.4, -0.2) is 10.7 Å². The Kier molecular flexibility index (Phi) is 3.49. The number of allylic oxidation sites excluding steroid dienone is 2. The van der Waals surface area contributed by atoms with E-state index in [0.29, 0.717) is 17.8 Å². The van der Waals surface area contributed by atoms with E-state index in [0.717, 1.165) is 32.1 Å². The average Bonchev–Trinajstić information content (AvgIpc) is 2.46. The van der Waals surface area contributed by atoms with E-state index < -0.39 is 5.60 Å². The Morgan fingerprint density at radius 3 is 2.71 bits per heavy atom. The summed E-state index contributed by atoms with van der Waals surface area (Å²) in [6, 6.07) is 0. The molecule has 2 aliphatic carbocycles. The third-order valence-electron chi connectivity index (χ3n) is 5.30. The minimum atomic E-state index is -0.456. The van der Waals surface area contributed by atoms with Gasteiger partial charge < -0.3 is 5.11 Å². The van der Waals surface area contributed by atoms with Crippen LogP contribution < -0.4 is 0 Å². The molecule has 0 amide bonds. The predicted octanol–water partition coefficient (Wildman–Crippen LogP) is 4.09. The second kappa shape index (κ2) is 4.61. The molecule has 0 spiro atoms. The van der Waals surface area contributed by atoms with Crippen molar-refractivity contribution in [3.63, 3.8) is 0 Å². The Bertz CT molecular complexity index is 341. The Hall–Kier alpha value is -0.560.